The number of amides is 1. The van der Waals surface area contributed by atoms with E-state index in [9.17, 15) is 4.79 Å². The molecule has 0 saturated heterocycles. The Labute approximate surface area is 133 Å². The molecule has 1 amide bonds. The number of hydrogen-bond acceptors (Lipinski definition) is 3. The zero-order valence-electron chi connectivity index (χ0n) is 12.1. The topological polar surface area (TPSA) is 67.0 Å². The van der Waals surface area contributed by atoms with Gasteiger partial charge in [-0.2, -0.15) is 5.10 Å². The number of nitrogens with one attached hydrogen (secondary N) is 2. The number of allylic oxidation sites excluding steroid dienone is 1. The van der Waals surface area contributed by atoms with Crippen molar-refractivity contribution in [2.45, 2.75) is 19.8 Å². The first-order valence-corrected chi connectivity index (χ1v) is 7.48. The van der Waals surface area contributed by atoms with Crippen LogP contribution in [0.3, 0.4) is 0 Å². The van der Waals surface area contributed by atoms with Crippen LogP contribution in [0, 0.1) is 6.92 Å². The molecule has 1 aromatic heterocycles. The maximum atomic E-state index is 12.2. The van der Waals surface area contributed by atoms with Gasteiger partial charge in [0, 0.05) is 16.3 Å². The van der Waals surface area contributed by atoms with Crippen molar-refractivity contribution < 1.29 is 9.53 Å². The first kappa shape index (κ1) is 14.7. The number of benzene rings is 1. The molecule has 5 nitrogen and oxygen atoms in total. The molecular weight excluding hydrogens is 302 g/mol. The summed E-state index contributed by atoms with van der Waals surface area (Å²) in [5, 5.41) is 10.5. The summed E-state index contributed by atoms with van der Waals surface area (Å²) in [7, 11) is 0. The average molecular weight is 318 g/mol. The Morgan fingerprint density at radius 2 is 2.32 bits per heavy atom. The van der Waals surface area contributed by atoms with Crippen LogP contribution in [0.15, 0.2) is 36.1 Å². The fraction of sp³-hybridized carbons (Fsp3) is 0.250. The number of ether oxygens (including phenoxy) is 1. The van der Waals surface area contributed by atoms with Crippen LogP contribution in [-0.4, -0.2) is 22.7 Å². The van der Waals surface area contributed by atoms with Crippen molar-refractivity contribution in [1.82, 2.24) is 10.2 Å². The summed E-state index contributed by atoms with van der Waals surface area (Å²) in [5.41, 5.74) is 2.58. The molecule has 1 aliphatic heterocycles. The summed E-state index contributed by atoms with van der Waals surface area (Å²) in [6.07, 6.45) is 3.59. The lowest BCUT2D eigenvalue weighted by Gasteiger charge is -2.14. The van der Waals surface area contributed by atoms with Gasteiger partial charge >= 0.3 is 0 Å². The number of nitrogens with zero attached hydrogens (tertiary/aromatic N) is 1. The number of carbonyl (C=O) groups is 1. The largest absolute Gasteiger partial charge is 0.488 e. The zero-order chi connectivity index (χ0) is 15.5. The normalized spacial score (nSPS) is 14.2. The second-order valence-electron chi connectivity index (χ2n) is 5.10. The van der Waals surface area contributed by atoms with Crippen molar-refractivity contribution in [2.75, 3.05) is 11.9 Å². The highest BCUT2D eigenvalue weighted by atomic mass is 35.5. The highest BCUT2D eigenvalue weighted by Gasteiger charge is 2.19. The summed E-state index contributed by atoms with van der Waals surface area (Å²) in [6, 6.07) is 7.43. The number of hydrogen-bond donors (Lipinski definition) is 2. The first-order chi connectivity index (χ1) is 10.6. The number of H-pyrrole nitrogens is 1. The van der Waals surface area contributed by atoms with Crippen molar-refractivity contribution >= 4 is 23.3 Å². The molecule has 2 N–H and O–H groups in total. The van der Waals surface area contributed by atoms with Gasteiger partial charge in [-0.05, 0) is 43.5 Å². The maximum absolute atomic E-state index is 12.2. The van der Waals surface area contributed by atoms with Crippen LogP contribution in [0.2, 0.25) is 5.02 Å². The Morgan fingerprint density at radius 3 is 3.05 bits per heavy atom. The van der Waals surface area contributed by atoms with Crippen molar-refractivity contribution in [2.24, 2.45) is 0 Å². The number of aromatic amines is 1. The van der Waals surface area contributed by atoms with E-state index >= 15 is 0 Å². The van der Waals surface area contributed by atoms with E-state index in [1.807, 2.05) is 25.1 Å². The molecule has 1 aliphatic rings. The number of aryl methyl sites for hydroxylation is 1. The molecule has 2 aromatic rings. The van der Waals surface area contributed by atoms with Gasteiger partial charge in [-0.3, -0.25) is 9.89 Å². The molecule has 0 radical (unpaired) electrons. The van der Waals surface area contributed by atoms with Crippen LogP contribution in [0.5, 0.6) is 0 Å². The van der Waals surface area contributed by atoms with E-state index in [1.54, 1.807) is 12.1 Å². The second kappa shape index (κ2) is 6.23. The van der Waals surface area contributed by atoms with E-state index in [0.29, 0.717) is 23.2 Å². The van der Waals surface area contributed by atoms with Crippen LogP contribution in [-0.2, 0) is 9.53 Å². The van der Waals surface area contributed by atoms with Gasteiger partial charge in [-0.1, -0.05) is 23.7 Å². The summed E-state index contributed by atoms with van der Waals surface area (Å²) < 4.78 is 5.37. The van der Waals surface area contributed by atoms with Gasteiger partial charge in [0.05, 0.1) is 6.61 Å². The third kappa shape index (κ3) is 2.99. The Hall–Kier alpha value is -2.27. The van der Waals surface area contributed by atoms with Gasteiger partial charge in [-0.25, -0.2) is 0 Å². The molecule has 1 aromatic carbocycles. The molecule has 3 rings (SSSR count). The monoisotopic (exact) mass is 317 g/mol. The predicted molar refractivity (Wildman–Crippen MR) is 85.7 cm³/mol. The van der Waals surface area contributed by atoms with Crippen molar-refractivity contribution in [3.63, 3.8) is 0 Å². The molecule has 2 heterocycles. The molecule has 0 bridgehead atoms. The molecular formula is C16H16ClN3O2. The van der Waals surface area contributed by atoms with Crippen LogP contribution >= 0.6 is 11.6 Å². The highest BCUT2D eigenvalue weighted by Crippen LogP contribution is 2.31. The van der Waals surface area contributed by atoms with Gasteiger partial charge in [0.15, 0.2) is 11.6 Å². The number of rotatable bonds is 3. The number of anilines is 1. The van der Waals surface area contributed by atoms with E-state index < -0.39 is 0 Å². The van der Waals surface area contributed by atoms with E-state index in [4.69, 9.17) is 16.3 Å². The van der Waals surface area contributed by atoms with Crippen LogP contribution < -0.4 is 5.32 Å². The summed E-state index contributed by atoms with van der Waals surface area (Å²) >= 11 is 6.05. The second-order valence-corrected chi connectivity index (χ2v) is 5.53. The van der Waals surface area contributed by atoms with E-state index in [0.717, 1.165) is 29.7 Å². The fourth-order valence-corrected chi connectivity index (χ4v) is 2.59. The Morgan fingerprint density at radius 1 is 1.45 bits per heavy atom. The summed E-state index contributed by atoms with van der Waals surface area (Å²) in [6.45, 7) is 2.47. The van der Waals surface area contributed by atoms with Gasteiger partial charge in [0.25, 0.3) is 5.91 Å². The van der Waals surface area contributed by atoms with Crippen molar-refractivity contribution in [1.29, 1.82) is 0 Å². The van der Waals surface area contributed by atoms with Gasteiger partial charge in [-0.15, -0.1) is 0 Å². The molecule has 22 heavy (non-hydrogen) atoms. The quantitative estimate of drug-likeness (QED) is 0.907. The molecule has 114 valence electrons. The Kier molecular flexibility index (Phi) is 4.15. The zero-order valence-corrected chi connectivity index (χ0v) is 12.9. The predicted octanol–water partition coefficient (Wildman–Crippen LogP) is 3.67. The lowest BCUT2D eigenvalue weighted by molar-refractivity contribution is -0.116. The SMILES string of the molecule is Cc1[nH]nc(NC(=O)C2=CCCCO2)c1-c1cccc(Cl)c1. The lowest BCUT2D eigenvalue weighted by atomic mass is 10.1. The molecule has 0 aliphatic carbocycles. The minimum atomic E-state index is -0.283. The van der Waals surface area contributed by atoms with Gasteiger partial charge < -0.3 is 10.1 Å². The third-order valence-electron chi connectivity index (χ3n) is 3.45. The molecule has 0 spiro atoms. The molecule has 0 saturated carbocycles. The van der Waals surface area contributed by atoms with Crippen LogP contribution in [0.1, 0.15) is 18.5 Å². The minimum Gasteiger partial charge on any atom is -0.488 e. The van der Waals surface area contributed by atoms with Gasteiger partial charge in [0.1, 0.15) is 0 Å². The van der Waals surface area contributed by atoms with Gasteiger partial charge in [0.2, 0.25) is 0 Å². The minimum absolute atomic E-state index is 0.283. The summed E-state index contributed by atoms with van der Waals surface area (Å²) in [5.74, 6) is 0.540. The average Bonchev–Trinajstić information content (AvgIpc) is 2.89. The Bertz CT molecular complexity index is 737. The van der Waals surface area contributed by atoms with Crippen LogP contribution in [0.4, 0.5) is 5.82 Å². The van der Waals surface area contributed by atoms with E-state index in [-0.39, 0.29) is 5.91 Å². The number of aromatic nitrogens is 2. The summed E-state index contributed by atoms with van der Waals surface area (Å²) in [4.78, 5) is 12.2. The number of halogens is 1. The smallest absolute Gasteiger partial charge is 0.291 e. The maximum Gasteiger partial charge on any atom is 0.291 e. The van der Waals surface area contributed by atoms with E-state index in [2.05, 4.69) is 15.5 Å². The lowest BCUT2D eigenvalue weighted by Crippen LogP contribution is -2.19. The standard InChI is InChI=1S/C16H16ClN3O2/c1-10-14(11-5-4-6-12(17)9-11)15(20-19-10)18-16(21)13-7-2-3-8-22-13/h4-7,9H,2-3,8H2,1H3,(H2,18,19,20,21). The number of carbonyl (C=O) groups excluding carboxylic acids is 1. The molecule has 0 fully saturated rings. The fourth-order valence-electron chi connectivity index (χ4n) is 2.40. The van der Waals surface area contributed by atoms with Crippen molar-refractivity contribution in [3.8, 4) is 11.1 Å². The van der Waals surface area contributed by atoms with Crippen LogP contribution in [0.25, 0.3) is 11.1 Å². The molecule has 0 unspecified atom stereocenters. The molecule has 0 atom stereocenters. The van der Waals surface area contributed by atoms with Crippen molar-refractivity contribution in [3.05, 3.63) is 46.8 Å². The third-order valence-corrected chi connectivity index (χ3v) is 3.69. The molecule has 6 heteroatoms. The Balaban J connectivity index is 1.89. The highest BCUT2D eigenvalue weighted by molar-refractivity contribution is 6.30. The van der Waals surface area contributed by atoms with E-state index in [1.165, 1.54) is 0 Å². The first-order valence-electron chi connectivity index (χ1n) is 7.10.